The predicted octanol–water partition coefficient (Wildman–Crippen LogP) is 4.09. The first kappa shape index (κ1) is 19.2. The minimum absolute atomic E-state index is 0.0969. The summed E-state index contributed by atoms with van der Waals surface area (Å²) in [5.41, 5.74) is 3.60. The van der Waals surface area contributed by atoms with E-state index in [0.717, 1.165) is 18.4 Å². The van der Waals surface area contributed by atoms with Crippen LogP contribution in [0.4, 0.5) is 0 Å². The molecular weight excluding hydrogens is 367 g/mol. The highest BCUT2D eigenvalue weighted by atomic mass is 35.5. The maximum Gasteiger partial charge on any atom is 0.227 e. The van der Waals surface area contributed by atoms with Crippen molar-refractivity contribution in [2.24, 2.45) is 0 Å². The maximum absolute atomic E-state index is 12.9. The van der Waals surface area contributed by atoms with E-state index in [4.69, 9.17) is 23.2 Å². The standard InChI is InChI=1S/C21H24Cl2N2O/c1-24(2)19-12-15-6-4-5-7-16(15)13-20(19)25(3)21(26)11-14-8-9-17(22)18(23)10-14/h4-10,19-20H,11-13H2,1-3H3/t19-,20-/m0/s1. The lowest BCUT2D eigenvalue weighted by Gasteiger charge is -2.42. The molecule has 0 aromatic heterocycles. The van der Waals surface area contributed by atoms with Crippen LogP contribution in [0.25, 0.3) is 0 Å². The summed E-state index contributed by atoms with van der Waals surface area (Å²) in [4.78, 5) is 17.1. The highest BCUT2D eigenvalue weighted by molar-refractivity contribution is 6.42. The van der Waals surface area contributed by atoms with Crippen LogP contribution in [0.3, 0.4) is 0 Å². The summed E-state index contributed by atoms with van der Waals surface area (Å²) >= 11 is 12.1. The fraction of sp³-hybridized carbons (Fsp3) is 0.381. The number of nitrogens with zero attached hydrogens (tertiary/aromatic N) is 2. The summed E-state index contributed by atoms with van der Waals surface area (Å²) in [5.74, 6) is 0.0969. The molecule has 1 aliphatic rings. The summed E-state index contributed by atoms with van der Waals surface area (Å²) in [6.07, 6.45) is 2.16. The molecule has 26 heavy (non-hydrogen) atoms. The molecule has 0 N–H and O–H groups in total. The highest BCUT2D eigenvalue weighted by Crippen LogP contribution is 2.28. The molecule has 0 saturated carbocycles. The van der Waals surface area contributed by atoms with Crippen LogP contribution < -0.4 is 0 Å². The van der Waals surface area contributed by atoms with E-state index in [0.29, 0.717) is 22.5 Å². The van der Waals surface area contributed by atoms with Crippen LogP contribution in [0.2, 0.25) is 10.0 Å². The second-order valence-electron chi connectivity index (χ2n) is 7.21. The molecule has 0 saturated heterocycles. The van der Waals surface area contributed by atoms with Crippen molar-refractivity contribution >= 4 is 29.1 Å². The number of rotatable bonds is 4. The van der Waals surface area contributed by atoms with Crippen molar-refractivity contribution in [3.63, 3.8) is 0 Å². The van der Waals surface area contributed by atoms with Crippen molar-refractivity contribution < 1.29 is 4.79 Å². The van der Waals surface area contributed by atoms with Crippen molar-refractivity contribution in [1.29, 1.82) is 0 Å². The Morgan fingerprint density at radius 2 is 1.58 bits per heavy atom. The minimum atomic E-state index is 0.0969. The van der Waals surface area contributed by atoms with Crippen LogP contribution in [0.5, 0.6) is 0 Å². The SMILES string of the molecule is CN(C)[C@H]1Cc2ccccc2C[C@@H]1N(C)C(=O)Cc1ccc(Cl)c(Cl)c1. The number of carbonyl (C=O) groups excluding carboxylic acids is 1. The second kappa shape index (κ2) is 7.99. The Morgan fingerprint density at radius 1 is 0.962 bits per heavy atom. The molecule has 3 nitrogen and oxygen atoms in total. The molecule has 0 unspecified atom stereocenters. The third kappa shape index (κ3) is 4.06. The van der Waals surface area contributed by atoms with Crippen molar-refractivity contribution in [2.75, 3.05) is 21.1 Å². The van der Waals surface area contributed by atoms with Gasteiger partial charge in [0, 0.05) is 13.1 Å². The molecule has 0 heterocycles. The quantitative estimate of drug-likeness (QED) is 0.784. The molecule has 0 radical (unpaired) electrons. The van der Waals surface area contributed by atoms with Crippen LogP contribution in [-0.4, -0.2) is 48.9 Å². The van der Waals surface area contributed by atoms with Crippen LogP contribution in [-0.2, 0) is 24.1 Å². The van der Waals surface area contributed by atoms with E-state index in [2.05, 4.69) is 43.3 Å². The van der Waals surface area contributed by atoms with E-state index >= 15 is 0 Å². The first-order valence-electron chi connectivity index (χ1n) is 8.79. The Hall–Kier alpha value is -1.55. The number of carbonyl (C=O) groups is 1. The zero-order chi connectivity index (χ0) is 18.8. The smallest absolute Gasteiger partial charge is 0.227 e. The number of likely N-dealkylation sites (N-methyl/N-ethyl adjacent to an activating group) is 2. The van der Waals surface area contributed by atoms with Gasteiger partial charge in [0.25, 0.3) is 0 Å². The monoisotopic (exact) mass is 390 g/mol. The van der Waals surface area contributed by atoms with Crippen molar-refractivity contribution in [3.8, 4) is 0 Å². The van der Waals surface area contributed by atoms with Gasteiger partial charge in [-0.1, -0.05) is 53.5 Å². The zero-order valence-electron chi connectivity index (χ0n) is 15.4. The fourth-order valence-electron chi connectivity index (χ4n) is 3.73. The van der Waals surface area contributed by atoms with E-state index < -0.39 is 0 Å². The molecule has 0 spiro atoms. The number of halogens is 2. The Labute approximate surface area is 165 Å². The molecule has 0 aliphatic heterocycles. The Bertz CT molecular complexity index is 806. The normalized spacial score (nSPS) is 19.3. The van der Waals surface area contributed by atoms with Crippen molar-refractivity contribution in [3.05, 3.63) is 69.2 Å². The molecule has 0 bridgehead atoms. The molecule has 5 heteroatoms. The average molecular weight is 391 g/mol. The number of amides is 1. The van der Waals surface area contributed by atoms with Gasteiger partial charge in [-0.3, -0.25) is 4.79 Å². The van der Waals surface area contributed by atoms with Gasteiger partial charge in [-0.15, -0.1) is 0 Å². The van der Waals surface area contributed by atoms with Gasteiger partial charge in [0.2, 0.25) is 5.91 Å². The largest absolute Gasteiger partial charge is 0.341 e. The molecule has 138 valence electrons. The van der Waals surface area contributed by atoms with E-state index in [-0.39, 0.29) is 11.9 Å². The Kier molecular flexibility index (Phi) is 5.91. The van der Waals surface area contributed by atoms with Crippen LogP contribution in [0, 0.1) is 0 Å². The Morgan fingerprint density at radius 3 is 2.15 bits per heavy atom. The van der Waals surface area contributed by atoms with Crippen molar-refractivity contribution in [2.45, 2.75) is 31.3 Å². The predicted molar refractivity (Wildman–Crippen MR) is 108 cm³/mol. The van der Waals surface area contributed by atoms with E-state index in [1.165, 1.54) is 11.1 Å². The lowest BCUT2D eigenvalue weighted by atomic mass is 9.83. The van der Waals surface area contributed by atoms with Gasteiger partial charge < -0.3 is 9.80 Å². The van der Waals surface area contributed by atoms with Crippen molar-refractivity contribution in [1.82, 2.24) is 9.80 Å². The fourth-order valence-corrected chi connectivity index (χ4v) is 4.05. The summed E-state index contributed by atoms with van der Waals surface area (Å²) in [6.45, 7) is 0. The molecule has 1 aliphatic carbocycles. The summed E-state index contributed by atoms with van der Waals surface area (Å²) in [6, 6.07) is 14.4. The van der Waals surface area contributed by atoms with Gasteiger partial charge in [0.1, 0.15) is 0 Å². The van der Waals surface area contributed by atoms with Crippen LogP contribution in [0.1, 0.15) is 16.7 Å². The van der Waals surface area contributed by atoms with Crippen LogP contribution >= 0.6 is 23.2 Å². The number of benzene rings is 2. The van der Waals surface area contributed by atoms with Gasteiger partial charge in [-0.05, 0) is 55.8 Å². The summed E-state index contributed by atoms with van der Waals surface area (Å²) in [7, 11) is 6.08. The minimum Gasteiger partial charge on any atom is -0.341 e. The topological polar surface area (TPSA) is 23.6 Å². The van der Waals surface area contributed by atoms with E-state index in [9.17, 15) is 4.79 Å². The summed E-state index contributed by atoms with van der Waals surface area (Å²) in [5, 5.41) is 0.991. The van der Waals surface area contributed by atoms with E-state index in [1.54, 1.807) is 12.1 Å². The van der Waals surface area contributed by atoms with Gasteiger partial charge in [0.05, 0.1) is 22.5 Å². The third-order valence-corrected chi connectivity index (χ3v) is 6.05. The summed E-state index contributed by atoms with van der Waals surface area (Å²) < 4.78 is 0. The average Bonchev–Trinajstić information content (AvgIpc) is 2.63. The molecule has 3 rings (SSSR count). The van der Waals surface area contributed by atoms with Gasteiger partial charge >= 0.3 is 0 Å². The lowest BCUT2D eigenvalue weighted by molar-refractivity contribution is -0.132. The number of hydrogen-bond donors (Lipinski definition) is 0. The van der Waals surface area contributed by atoms with Gasteiger partial charge in [0.15, 0.2) is 0 Å². The number of fused-ring (bicyclic) bond motifs is 1. The lowest BCUT2D eigenvalue weighted by Crippen LogP contribution is -2.54. The second-order valence-corrected chi connectivity index (χ2v) is 8.02. The zero-order valence-corrected chi connectivity index (χ0v) is 16.9. The van der Waals surface area contributed by atoms with Crippen LogP contribution in [0.15, 0.2) is 42.5 Å². The molecule has 2 aromatic carbocycles. The molecule has 2 atom stereocenters. The van der Waals surface area contributed by atoms with E-state index in [1.807, 2.05) is 18.0 Å². The van der Waals surface area contributed by atoms with Gasteiger partial charge in [-0.2, -0.15) is 0 Å². The first-order valence-corrected chi connectivity index (χ1v) is 9.55. The van der Waals surface area contributed by atoms with Gasteiger partial charge in [-0.25, -0.2) is 0 Å². The molecular formula is C21H24Cl2N2O. The molecule has 2 aromatic rings. The third-order valence-electron chi connectivity index (χ3n) is 5.31. The molecule has 0 fully saturated rings. The number of hydrogen-bond acceptors (Lipinski definition) is 2. The maximum atomic E-state index is 12.9. The highest BCUT2D eigenvalue weighted by Gasteiger charge is 2.34. The molecule has 1 amide bonds. The Balaban J connectivity index is 1.79. The first-order chi connectivity index (χ1) is 12.4.